The quantitative estimate of drug-likeness (QED) is 0.703. The van der Waals surface area contributed by atoms with E-state index in [1.165, 1.54) is 12.4 Å². The summed E-state index contributed by atoms with van der Waals surface area (Å²) in [4.78, 5) is 31.7. The van der Waals surface area contributed by atoms with Gasteiger partial charge in [-0.3, -0.25) is 19.3 Å². The van der Waals surface area contributed by atoms with Crippen molar-refractivity contribution in [3.63, 3.8) is 0 Å². The number of nitrogens with two attached hydrogens (primary N) is 1. The molecule has 0 saturated carbocycles. The smallest absolute Gasteiger partial charge is 0.328 e. The maximum atomic E-state index is 13.0. The first-order valence-corrected chi connectivity index (χ1v) is 4.62. The summed E-state index contributed by atoms with van der Waals surface area (Å²) in [7, 11) is 0. The zero-order valence-corrected chi connectivity index (χ0v) is 8.55. The van der Waals surface area contributed by atoms with Gasteiger partial charge in [0.2, 0.25) is 5.82 Å². The van der Waals surface area contributed by atoms with Gasteiger partial charge in [-0.25, -0.2) is 9.78 Å². The fourth-order valence-electron chi connectivity index (χ4n) is 1.22. The van der Waals surface area contributed by atoms with Crippen LogP contribution in [0.15, 0.2) is 28.2 Å². The number of halogens is 1. The lowest BCUT2D eigenvalue weighted by atomic mass is 10.4. The van der Waals surface area contributed by atoms with Crippen molar-refractivity contribution in [1.29, 1.82) is 0 Å². The molecule has 17 heavy (non-hydrogen) atoms. The Labute approximate surface area is 93.8 Å². The van der Waals surface area contributed by atoms with Crippen molar-refractivity contribution in [3.05, 3.63) is 50.9 Å². The fraction of sp³-hybridized carbons (Fsp3) is 0.111. The van der Waals surface area contributed by atoms with Crippen molar-refractivity contribution >= 4 is 5.82 Å². The summed E-state index contributed by atoms with van der Waals surface area (Å²) in [5, 5.41) is 0. The molecule has 0 bridgehead atoms. The van der Waals surface area contributed by atoms with Gasteiger partial charge >= 0.3 is 5.69 Å². The molecule has 0 atom stereocenters. The maximum Gasteiger partial charge on any atom is 0.328 e. The predicted molar refractivity (Wildman–Crippen MR) is 56.8 cm³/mol. The van der Waals surface area contributed by atoms with Gasteiger partial charge in [-0.15, -0.1) is 0 Å². The van der Waals surface area contributed by atoms with Crippen LogP contribution in [0.25, 0.3) is 0 Å². The first-order chi connectivity index (χ1) is 8.06. The average Bonchev–Trinajstić information content (AvgIpc) is 2.29. The number of aromatic amines is 1. The molecular formula is C9H8FN5O2. The van der Waals surface area contributed by atoms with Gasteiger partial charge in [-0.05, 0) is 0 Å². The molecule has 2 aromatic rings. The minimum Gasteiger partial charge on any atom is -0.382 e. The normalized spacial score (nSPS) is 10.4. The molecule has 2 rings (SSSR count). The van der Waals surface area contributed by atoms with Crippen molar-refractivity contribution in [3.8, 4) is 0 Å². The van der Waals surface area contributed by atoms with Crippen LogP contribution < -0.4 is 17.0 Å². The van der Waals surface area contributed by atoms with E-state index < -0.39 is 17.1 Å². The van der Waals surface area contributed by atoms with E-state index >= 15 is 0 Å². The van der Waals surface area contributed by atoms with E-state index in [0.717, 1.165) is 10.8 Å². The molecule has 0 spiro atoms. The van der Waals surface area contributed by atoms with E-state index in [2.05, 4.69) is 9.97 Å². The number of aromatic nitrogens is 4. The number of H-pyrrole nitrogens is 1. The minimum absolute atomic E-state index is 0.000185. The summed E-state index contributed by atoms with van der Waals surface area (Å²) in [6.07, 6.45) is 3.51. The van der Waals surface area contributed by atoms with Crippen molar-refractivity contribution in [2.45, 2.75) is 6.54 Å². The molecule has 0 radical (unpaired) electrons. The van der Waals surface area contributed by atoms with Gasteiger partial charge in [-0.2, -0.15) is 4.39 Å². The summed E-state index contributed by atoms with van der Waals surface area (Å²) in [6.45, 7) is -0.000185. The standard InChI is InChI=1S/C9H8FN5O2/c10-6-4-15(9(17)14-8(6)16)3-5-1-13-7(11)2-12-5/h1-2,4H,3H2,(H2,11,13)(H,14,16,17). The van der Waals surface area contributed by atoms with E-state index in [4.69, 9.17) is 5.73 Å². The Morgan fingerprint density at radius 2 is 2.12 bits per heavy atom. The minimum atomic E-state index is -1.05. The van der Waals surface area contributed by atoms with Crippen molar-refractivity contribution in [2.24, 2.45) is 0 Å². The number of anilines is 1. The predicted octanol–water partition coefficient (Wildman–Crippen LogP) is -0.904. The fourth-order valence-corrected chi connectivity index (χ4v) is 1.22. The second-order valence-electron chi connectivity index (χ2n) is 3.30. The van der Waals surface area contributed by atoms with Crippen LogP contribution in [0.3, 0.4) is 0 Å². The Morgan fingerprint density at radius 1 is 1.35 bits per heavy atom. The largest absolute Gasteiger partial charge is 0.382 e. The highest BCUT2D eigenvalue weighted by Gasteiger charge is 2.05. The molecule has 0 aliphatic rings. The first-order valence-electron chi connectivity index (χ1n) is 4.62. The topological polar surface area (TPSA) is 107 Å². The van der Waals surface area contributed by atoms with Gasteiger partial charge in [0.25, 0.3) is 5.56 Å². The summed E-state index contributed by atoms with van der Waals surface area (Å²) >= 11 is 0. The first kappa shape index (κ1) is 11.0. The third kappa shape index (κ3) is 2.36. The number of nitrogens with zero attached hydrogens (tertiary/aromatic N) is 3. The third-order valence-electron chi connectivity index (χ3n) is 2.03. The molecule has 0 amide bonds. The Balaban J connectivity index is 2.36. The van der Waals surface area contributed by atoms with Crippen LogP contribution >= 0.6 is 0 Å². The molecule has 8 heteroatoms. The SMILES string of the molecule is Nc1cnc(Cn2cc(F)c(=O)[nH]c2=O)cn1. The van der Waals surface area contributed by atoms with Crippen molar-refractivity contribution in [2.75, 3.05) is 5.73 Å². The van der Waals surface area contributed by atoms with Gasteiger partial charge in [0.15, 0.2) is 0 Å². The van der Waals surface area contributed by atoms with Gasteiger partial charge in [0.1, 0.15) is 5.82 Å². The molecule has 3 N–H and O–H groups in total. The number of hydrogen-bond donors (Lipinski definition) is 2. The lowest BCUT2D eigenvalue weighted by Crippen LogP contribution is -2.31. The Bertz CT molecular complexity index is 646. The highest BCUT2D eigenvalue weighted by molar-refractivity contribution is 5.22. The molecule has 0 aliphatic heterocycles. The Morgan fingerprint density at radius 3 is 2.76 bits per heavy atom. The molecule has 0 fully saturated rings. The molecule has 7 nitrogen and oxygen atoms in total. The van der Waals surface area contributed by atoms with Crippen LogP contribution in [0, 0.1) is 5.82 Å². The van der Waals surface area contributed by atoms with Crippen LogP contribution in [-0.2, 0) is 6.54 Å². The van der Waals surface area contributed by atoms with Crippen molar-refractivity contribution in [1.82, 2.24) is 19.5 Å². The summed E-state index contributed by atoms with van der Waals surface area (Å²) in [5.74, 6) is -0.790. The molecule has 88 valence electrons. The van der Waals surface area contributed by atoms with E-state index in [9.17, 15) is 14.0 Å². The molecule has 0 aromatic carbocycles. The molecule has 2 aromatic heterocycles. The molecular weight excluding hydrogens is 229 g/mol. The zero-order chi connectivity index (χ0) is 12.4. The second-order valence-corrected chi connectivity index (χ2v) is 3.30. The number of nitrogens with one attached hydrogen (secondary N) is 1. The molecule has 2 heterocycles. The van der Waals surface area contributed by atoms with E-state index in [1.54, 1.807) is 0 Å². The van der Waals surface area contributed by atoms with E-state index in [-0.39, 0.29) is 12.4 Å². The van der Waals surface area contributed by atoms with Gasteiger partial charge in [0.05, 0.1) is 30.8 Å². The monoisotopic (exact) mass is 237 g/mol. The van der Waals surface area contributed by atoms with Gasteiger partial charge in [0, 0.05) is 0 Å². The lowest BCUT2D eigenvalue weighted by Gasteiger charge is -2.03. The van der Waals surface area contributed by atoms with Crippen LogP contribution in [-0.4, -0.2) is 19.5 Å². The molecule has 0 saturated heterocycles. The zero-order valence-electron chi connectivity index (χ0n) is 8.55. The van der Waals surface area contributed by atoms with Gasteiger partial charge in [-0.1, -0.05) is 0 Å². The molecule has 0 aliphatic carbocycles. The van der Waals surface area contributed by atoms with Gasteiger partial charge < -0.3 is 5.73 Å². The van der Waals surface area contributed by atoms with Crippen LogP contribution in [0.1, 0.15) is 5.69 Å². The summed E-state index contributed by atoms with van der Waals surface area (Å²) < 4.78 is 13.9. The third-order valence-corrected chi connectivity index (χ3v) is 2.03. The van der Waals surface area contributed by atoms with Crippen LogP contribution in [0.2, 0.25) is 0 Å². The maximum absolute atomic E-state index is 13.0. The summed E-state index contributed by atoms with van der Waals surface area (Å²) in [5.41, 5.74) is 4.01. The lowest BCUT2D eigenvalue weighted by molar-refractivity contribution is 0.563. The highest BCUT2D eigenvalue weighted by atomic mass is 19.1. The van der Waals surface area contributed by atoms with Crippen molar-refractivity contribution < 1.29 is 4.39 Å². The summed E-state index contributed by atoms with van der Waals surface area (Å²) in [6, 6.07) is 0. The Hall–Kier alpha value is -2.51. The van der Waals surface area contributed by atoms with E-state index in [0.29, 0.717) is 5.69 Å². The number of nitrogen functional groups attached to an aromatic ring is 1. The van der Waals surface area contributed by atoms with Crippen LogP contribution in [0.5, 0.6) is 0 Å². The van der Waals surface area contributed by atoms with E-state index in [1.807, 2.05) is 4.98 Å². The molecule has 0 unspecified atom stereocenters. The number of rotatable bonds is 2. The highest BCUT2D eigenvalue weighted by Crippen LogP contribution is 1.97. The second kappa shape index (κ2) is 4.16. The average molecular weight is 237 g/mol. The van der Waals surface area contributed by atoms with Crippen LogP contribution in [0.4, 0.5) is 10.2 Å². The number of hydrogen-bond acceptors (Lipinski definition) is 5. The Kier molecular flexibility index (Phi) is 2.69.